The van der Waals surface area contributed by atoms with Gasteiger partial charge in [-0.25, -0.2) is 4.67 Å². The number of rotatable bonds is 9. The van der Waals surface area contributed by atoms with Gasteiger partial charge in [0.1, 0.15) is 0 Å². The van der Waals surface area contributed by atoms with Crippen LogP contribution in [-0.4, -0.2) is 40.6 Å². The molecule has 0 heterocycles. The quantitative estimate of drug-likeness (QED) is 0.479. The Kier molecular flexibility index (Phi) is 8.71. The molecule has 1 atom stereocenters. The Balaban J connectivity index is 5.37. The second-order valence-corrected chi connectivity index (χ2v) is 9.53. The molecule has 4 nitrogen and oxygen atoms in total. The fourth-order valence-electron chi connectivity index (χ4n) is 1.66. The second-order valence-electron chi connectivity index (χ2n) is 4.71. The number of carbonyl (C=O) groups is 1. The molecule has 0 aliphatic heterocycles. The van der Waals surface area contributed by atoms with Gasteiger partial charge in [0.2, 0.25) is 5.91 Å². The molecule has 1 unspecified atom stereocenters. The number of hydrogen-bond acceptors (Lipinski definition) is 3. The fraction of sp³-hybridized carbons (Fsp3) is 0.769. The zero-order chi connectivity index (χ0) is 15.1. The largest absolute Gasteiger partial charge is 0.297 e. The first kappa shape index (κ1) is 18.8. The average Bonchev–Trinajstić information content (AvgIpc) is 2.34. The summed E-state index contributed by atoms with van der Waals surface area (Å²) in [6.07, 6.45) is 1.63. The highest BCUT2D eigenvalue weighted by molar-refractivity contribution is 8.56. The highest BCUT2D eigenvalue weighted by Crippen LogP contribution is 2.64. The van der Waals surface area contributed by atoms with Gasteiger partial charge in [-0.1, -0.05) is 45.2 Å². The van der Waals surface area contributed by atoms with Crippen LogP contribution in [-0.2, 0) is 9.36 Å². The first-order chi connectivity index (χ1) is 8.83. The molecule has 0 rings (SSSR count). The Morgan fingerprint density at radius 2 is 1.89 bits per heavy atom. The molecular formula is C13H27N2O2PS. The Labute approximate surface area is 121 Å². The zero-order valence-corrected chi connectivity index (χ0v) is 14.5. The Morgan fingerprint density at radius 3 is 2.21 bits per heavy atom. The van der Waals surface area contributed by atoms with Gasteiger partial charge in [-0.2, -0.15) is 0 Å². The summed E-state index contributed by atoms with van der Waals surface area (Å²) in [5.41, 5.74) is 0. The van der Waals surface area contributed by atoms with Crippen LogP contribution >= 0.6 is 18.0 Å². The van der Waals surface area contributed by atoms with E-state index < -0.39 is 6.65 Å². The predicted molar refractivity (Wildman–Crippen MR) is 85.4 cm³/mol. The van der Waals surface area contributed by atoms with Gasteiger partial charge in [0, 0.05) is 32.3 Å². The first-order valence-corrected chi connectivity index (χ1v) is 9.93. The Morgan fingerprint density at radius 1 is 1.37 bits per heavy atom. The van der Waals surface area contributed by atoms with Crippen molar-refractivity contribution >= 4 is 23.9 Å². The van der Waals surface area contributed by atoms with Crippen molar-refractivity contribution in [2.24, 2.45) is 5.92 Å². The van der Waals surface area contributed by atoms with Crippen molar-refractivity contribution in [2.45, 2.75) is 34.6 Å². The van der Waals surface area contributed by atoms with Crippen LogP contribution in [0.2, 0.25) is 0 Å². The van der Waals surface area contributed by atoms with Gasteiger partial charge >= 0.3 is 0 Å². The molecule has 0 radical (unpaired) electrons. The summed E-state index contributed by atoms with van der Waals surface area (Å²) in [4.78, 5) is 11.8. The lowest BCUT2D eigenvalue weighted by Crippen LogP contribution is -2.33. The van der Waals surface area contributed by atoms with Gasteiger partial charge in [0.15, 0.2) is 0 Å². The van der Waals surface area contributed by atoms with E-state index >= 15 is 0 Å². The molecule has 19 heavy (non-hydrogen) atoms. The topological polar surface area (TPSA) is 40.6 Å². The first-order valence-electron chi connectivity index (χ1n) is 6.72. The highest BCUT2D eigenvalue weighted by atomic mass is 32.7. The van der Waals surface area contributed by atoms with Crippen LogP contribution in [0.5, 0.6) is 0 Å². The molecule has 0 aromatic heterocycles. The van der Waals surface area contributed by atoms with Crippen LogP contribution in [0, 0.1) is 5.92 Å². The molecule has 6 heteroatoms. The lowest BCUT2D eigenvalue weighted by Gasteiger charge is -2.37. The molecule has 1 amide bonds. The predicted octanol–water partition coefficient (Wildman–Crippen LogP) is 3.86. The number of carbonyl (C=O) groups excluding carboxylic acids is 1. The molecule has 0 bridgehead atoms. The van der Waals surface area contributed by atoms with E-state index in [-0.39, 0.29) is 5.91 Å². The minimum atomic E-state index is -2.90. The molecule has 0 spiro atoms. The SMILES string of the molecule is C=CCN(C(C)=O)P(=O)(SCC(C)C)N(CC)CC. The van der Waals surface area contributed by atoms with Gasteiger partial charge in [-0.3, -0.25) is 14.0 Å². The van der Waals surface area contributed by atoms with Crippen molar-refractivity contribution < 1.29 is 9.36 Å². The lowest BCUT2D eigenvalue weighted by atomic mass is 10.3. The van der Waals surface area contributed by atoms with Gasteiger partial charge < -0.3 is 0 Å². The average molecular weight is 306 g/mol. The van der Waals surface area contributed by atoms with Crippen LogP contribution < -0.4 is 0 Å². The minimum Gasteiger partial charge on any atom is -0.275 e. The van der Waals surface area contributed by atoms with Crippen molar-refractivity contribution in [2.75, 3.05) is 25.4 Å². The Hall–Kier alpha value is -0.250. The summed E-state index contributed by atoms with van der Waals surface area (Å²) in [5, 5.41) is 0. The molecule has 0 fully saturated rings. The van der Waals surface area contributed by atoms with E-state index in [9.17, 15) is 9.36 Å². The third-order valence-electron chi connectivity index (χ3n) is 2.63. The smallest absolute Gasteiger partial charge is 0.275 e. The monoisotopic (exact) mass is 306 g/mol. The van der Waals surface area contributed by atoms with Crippen LogP contribution in [0.15, 0.2) is 12.7 Å². The second kappa shape index (κ2) is 8.83. The standard InChI is InChI=1S/C13H27N2O2PS/c1-7-10-15(13(6)16)18(17,14(8-2)9-3)19-11-12(4)5/h7,12H,1,8-11H2,2-6H3. The minimum absolute atomic E-state index is 0.161. The summed E-state index contributed by atoms with van der Waals surface area (Å²) < 4.78 is 16.7. The van der Waals surface area contributed by atoms with Crippen molar-refractivity contribution in [1.29, 1.82) is 0 Å². The molecular weight excluding hydrogens is 279 g/mol. The molecule has 0 aliphatic carbocycles. The number of hydrogen-bond donors (Lipinski definition) is 0. The highest BCUT2D eigenvalue weighted by Gasteiger charge is 2.37. The molecule has 0 saturated heterocycles. The molecule has 0 aliphatic rings. The van der Waals surface area contributed by atoms with Crippen LogP contribution in [0.4, 0.5) is 0 Å². The van der Waals surface area contributed by atoms with Crippen molar-refractivity contribution in [3.8, 4) is 0 Å². The summed E-state index contributed by atoms with van der Waals surface area (Å²) in [7, 11) is 0. The van der Waals surface area contributed by atoms with Crippen molar-refractivity contribution in [3.05, 3.63) is 12.7 Å². The van der Waals surface area contributed by atoms with Gasteiger partial charge in [0.05, 0.1) is 0 Å². The molecule has 0 N–H and O–H groups in total. The fourth-order valence-corrected chi connectivity index (χ4v) is 7.78. The maximum absolute atomic E-state index is 13.4. The summed E-state index contributed by atoms with van der Waals surface area (Å²) in [6.45, 7) is 12.0. The van der Waals surface area contributed by atoms with E-state index in [4.69, 9.17) is 0 Å². The van der Waals surface area contributed by atoms with Crippen LogP contribution in [0.25, 0.3) is 0 Å². The summed E-state index contributed by atoms with van der Waals surface area (Å²) in [6, 6.07) is 0. The number of nitrogens with zero attached hydrogens (tertiary/aromatic N) is 2. The van der Waals surface area contributed by atoms with Crippen LogP contribution in [0.3, 0.4) is 0 Å². The van der Waals surface area contributed by atoms with E-state index in [0.29, 0.717) is 25.6 Å². The third-order valence-corrected chi connectivity index (χ3v) is 8.86. The molecule has 0 saturated carbocycles. The molecule has 112 valence electrons. The summed E-state index contributed by atoms with van der Waals surface area (Å²) in [5.74, 6) is 1.05. The van der Waals surface area contributed by atoms with Crippen molar-refractivity contribution in [3.63, 3.8) is 0 Å². The van der Waals surface area contributed by atoms with E-state index in [1.807, 2.05) is 18.5 Å². The zero-order valence-electron chi connectivity index (χ0n) is 12.8. The van der Waals surface area contributed by atoms with E-state index in [1.54, 1.807) is 6.08 Å². The maximum atomic E-state index is 13.4. The van der Waals surface area contributed by atoms with Crippen LogP contribution in [0.1, 0.15) is 34.6 Å². The molecule has 0 aromatic carbocycles. The van der Waals surface area contributed by atoms with Crippen molar-refractivity contribution in [1.82, 2.24) is 9.34 Å². The summed E-state index contributed by atoms with van der Waals surface area (Å²) >= 11 is 1.40. The normalized spacial score (nSPS) is 14.5. The Bertz CT molecular complexity index is 344. The lowest BCUT2D eigenvalue weighted by molar-refractivity contribution is -0.124. The maximum Gasteiger partial charge on any atom is 0.297 e. The van der Waals surface area contributed by atoms with Gasteiger partial charge in [-0.15, -0.1) is 6.58 Å². The van der Waals surface area contributed by atoms with E-state index in [0.717, 1.165) is 5.75 Å². The third kappa shape index (κ3) is 5.33. The van der Waals surface area contributed by atoms with Gasteiger partial charge in [0.25, 0.3) is 6.65 Å². The molecule has 0 aromatic rings. The van der Waals surface area contributed by atoms with E-state index in [2.05, 4.69) is 20.4 Å². The van der Waals surface area contributed by atoms with E-state index in [1.165, 1.54) is 23.0 Å². The number of amides is 1. The van der Waals surface area contributed by atoms with Gasteiger partial charge in [-0.05, 0) is 5.92 Å².